The Morgan fingerprint density at radius 1 is 1.17 bits per heavy atom. The van der Waals surface area contributed by atoms with E-state index in [1.165, 1.54) is 0 Å². The summed E-state index contributed by atoms with van der Waals surface area (Å²) in [6.07, 6.45) is 9.37. The van der Waals surface area contributed by atoms with Gasteiger partial charge in [0.2, 0.25) is 0 Å². The van der Waals surface area contributed by atoms with Crippen LogP contribution >= 0.6 is 0 Å². The second kappa shape index (κ2) is 6.26. The van der Waals surface area contributed by atoms with Crippen LogP contribution in [-0.2, 0) is 13.0 Å². The third kappa shape index (κ3) is 2.92. The Balaban J connectivity index is 2.15. The molecule has 0 saturated heterocycles. The fourth-order valence-corrected chi connectivity index (χ4v) is 1.77. The minimum absolute atomic E-state index is 0.759. The minimum atomic E-state index is 0.759. The first kappa shape index (κ1) is 12.7. The van der Waals surface area contributed by atoms with Gasteiger partial charge in [-0.3, -0.25) is 9.55 Å². The quantitative estimate of drug-likeness (QED) is 0.842. The molecular formula is C13H19N5. The number of hydrogen-bond donors (Lipinski definition) is 1. The predicted molar refractivity (Wildman–Crippen MR) is 70.5 cm³/mol. The van der Waals surface area contributed by atoms with Crippen molar-refractivity contribution in [2.45, 2.75) is 33.2 Å². The highest BCUT2D eigenvalue weighted by Gasteiger charge is 2.05. The molecule has 0 bridgehead atoms. The Kier molecular flexibility index (Phi) is 4.41. The van der Waals surface area contributed by atoms with E-state index in [9.17, 15) is 0 Å². The molecule has 96 valence electrons. The van der Waals surface area contributed by atoms with Crippen molar-refractivity contribution in [1.82, 2.24) is 24.8 Å². The number of aryl methyl sites for hydroxylation is 1. The SMILES string of the molecule is CCCc1nccn1-c1cnc(CNCC)cn1. The van der Waals surface area contributed by atoms with Gasteiger partial charge in [-0.2, -0.15) is 0 Å². The Bertz CT molecular complexity index is 474. The van der Waals surface area contributed by atoms with E-state index in [1.807, 2.05) is 17.0 Å². The second-order valence-electron chi connectivity index (χ2n) is 4.11. The molecule has 0 fully saturated rings. The molecule has 0 radical (unpaired) electrons. The van der Waals surface area contributed by atoms with Crippen LogP contribution in [0.5, 0.6) is 0 Å². The molecule has 1 N–H and O–H groups in total. The van der Waals surface area contributed by atoms with Gasteiger partial charge < -0.3 is 5.32 Å². The fourth-order valence-electron chi connectivity index (χ4n) is 1.77. The normalized spacial score (nSPS) is 10.8. The van der Waals surface area contributed by atoms with Crippen LogP contribution in [0.2, 0.25) is 0 Å². The lowest BCUT2D eigenvalue weighted by atomic mass is 10.3. The molecule has 5 heteroatoms. The topological polar surface area (TPSA) is 55.6 Å². The van der Waals surface area contributed by atoms with E-state index >= 15 is 0 Å². The summed E-state index contributed by atoms with van der Waals surface area (Å²) in [5, 5.41) is 3.23. The van der Waals surface area contributed by atoms with Crippen LogP contribution in [0.15, 0.2) is 24.8 Å². The molecule has 2 rings (SSSR count). The number of imidazole rings is 1. The van der Waals surface area contributed by atoms with Gasteiger partial charge in [-0.15, -0.1) is 0 Å². The first-order valence-corrected chi connectivity index (χ1v) is 6.39. The Morgan fingerprint density at radius 3 is 2.72 bits per heavy atom. The highest BCUT2D eigenvalue weighted by atomic mass is 15.1. The average molecular weight is 245 g/mol. The van der Waals surface area contributed by atoms with Crippen molar-refractivity contribution in [1.29, 1.82) is 0 Å². The summed E-state index contributed by atoms with van der Waals surface area (Å²) in [5.41, 5.74) is 0.956. The van der Waals surface area contributed by atoms with E-state index in [4.69, 9.17) is 0 Å². The first-order chi connectivity index (χ1) is 8.85. The van der Waals surface area contributed by atoms with Crippen LogP contribution in [0.25, 0.3) is 5.82 Å². The van der Waals surface area contributed by atoms with Gasteiger partial charge in [0.05, 0.1) is 18.1 Å². The molecule has 2 heterocycles. The van der Waals surface area contributed by atoms with Gasteiger partial charge in [0.25, 0.3) is 0 Å². The second-order valence-corrected chi connectivity index (χ2v) is 4.11. The van der Waals surface area contributed by atoms with Gasteiger partial charge >= 0.3 is 0 Å². The van der Waals surface area contributed by atoms with E-state index in [1.54, 1.807) is 12.4 Å². The number of aromatic nitrogens is 4. The number of nitrogens with one attached hydrogen (secondary N) is 1. The van der Waals surface area contributed by atoms with E-state index in [-0.39, 0.29) is 0 Å². The zero-order chi connectivity index (χ0) is 12.8. The van der Waals surface area contributed by atoms with Crippen LogP contribution in [-0.4, -0.2) is 26.1 Å². The number of hydrogen-bond acceptors (Lipinski definition) is 4. The monoisotopic (exact) mass is 245 g/mol. The third-order valence-electron chi connectivity index (χ3n) is 2.69. The molecular weight excluding hydrogens is 226 g/mol. The van der Waals surface area contributed by atoms with Crippen molar-refractivity contribution in [3.8, 4) is 5.82 Å². The number of nitrogens with zero attached hydrogens (tertiary/aromatic N) is 4. The molecule has 0 aliphatic rings. The standard InChI is InChI=1S/C13H19N5/c1-3-5-12-15-6-7-18(12)13-10-16-11(9-17-13)8-14-4-2/h6-7,9-10,14H,3-5,8H2,1-2H3. The first-order valence-electron chi connectivity index (χ1n) is 6.39. The summed E-state index contributed by atoms with van der Waals surface area (Å²) < 4.78 is 1.99. The molecule has 0 aromatic carbocycles. The molecule has 0 unspecified atom stereocenters. The van der Waals surface area contributed by atoms with E-state index in [2.05, 4.69) is 34.1 Å². The minimum Gasteiger partial charge on any atom is -0.311 e. The van der Waals surface area contributed by atoms with Crippen molar-refractivity contribution in [3.05, 3.63) is 36.3 Å². The maximum atomic E-state index is 4.44. The molecule has 0 atom stereocenters. The smallest absolute Gasteiger partial charge is 0.156 e. The van der Waals surface area contributed by atoms with Crippen LogP contribution in [0, 0.1) is 0 Å². The van der Waals surface area contributed by atoms with Crippen LogP contribution in [0.4, 0.5) is 0 Å². The molecule has 0 aliphatic heterocycles. The summed E-state index contributed by atoms with van der Waals surface area (Å²) in [6, 6.07) is 0. The van der Waals surface area contributed by atoms with Gasteiger partial charge in [0, 0.05) is 25.4 Å². The Hall–Kier alpha value is -1.75. The van der Waals surface area contributed by atoms with Crippen LogP contribution in [0.3, 0.4) is 0 Å². The highest BCUT2D eigenvalue weighted by Crippen LogP contribution is 2.08. The van der Waals surface area contributed by atoms with Gasteiger partial charge in [-0.1, -0.05) is 13.8 Å². The molecule has 2 aromatic heterocycles. The van der Waals surface area contributed by atoms with Crippen molar-refractivity contribution in [2.75, 3.05) is 6.54 Å². The summed E-state index contributed by atoms with van der Waals surface area (Å²) in [6.45, 7) is 5.91. The van der Waals surface area contributed by atoms with Gasteiger partial charge in [-0.05, 0) is 13.0 Å². The van der Waals surface area contributed by atoms with Crippen molar-refractivity contribution >= 4 is 0 Å². The average Bonchev–Trinajstić information content (AvgIpc) is 2.86. The zero-order valence-electron chi connectivity index (χ0n) is 10.9. The van der Waals surface area contributed by atoms with Crippen LogP contribution in [0.1, 0.15) is 31.8 Å². The fraction of sp³-hybridized carbons (Fsp3) is 0.462. The maximum Gasteiger partial charge on any atom is 0.156 e. The summed E-state index contributed by atoms with van der Waals surface area (Å²) in [5.74, 6) is 1.86. The summed E-state index contributed by atoms with van der Waals surface area (Å²) in [4.78, 5) is 13.2. The zero-order valence-corrected chi connectivity index (χ0v) is 10.9. The highest BCUT2D eigenvalue weighted by molar-refractivity contribution is 5.22. The molecule has 2 aromatic rings. The van der Waals surface area contributed by atoms with Crippen molar-refractivity contribution in [2.24, 2.45) is 0 Å². The lowest BCUT2D eigenvalue weighted by molar-refractivity contribution is 0.704. The Morgan fingerprint density at radius 2 is 2.06 bits per heavy atom. The van der Waals surface area contributed by atoms with Crippen molar-refractivity contribution in [3.63, 3.8) is 0 Å². The van der Waals surface area contributed by atoms with Gasteiger partial charge in [0.1, 0.15) is 5.82 Å². The van der Waals surface area contributed by atoms with Crippen LogP contribution < -0.4 is 5.32 Å². The summed E-state index contributed by atoms with van der Waals surface area (Å²) >= 11 is 0. The molecule has 0 aliphatic carbocycles. The lowest BCUT2D eigenvalue weighted by Crippen LogP contribution is -2.13. The lowest BCUT2D eigenvalue weighted by Gasteiger charge is -2.06. The Labute approximate surface area is 107 Å². The van der Waals surface area contributed by atoms with E-state index < -0.39 is 0 Å². The van der Waals surface area contributed by atoms with E-state index in [0.29, 0.717) is 0 Å². The van der Waals surface area contributed by atoms with Gasteiger partial charge in [0.15, 0.2) is 5.82 Å². The largest absolute Gasteiger partial charge is 0.311 e. The molecule has 0 saturated carbocycles. The predicted octanol–water partition coefficient (Wildman–Crippen LogP) is 1.72. The third-order valence-corrected chi connectivity index (χ3v) is 2.69. The van der Waals surface area contributed by atoms with E-state index in [0.717, 1.165) is 43.3 Å². The number of rotatable bonds is 6. The van der Waals surface area contributed by atoms with Crippen molar-refractivity contribution < 1.29 is 0 Å². The molecule has 0 spiro atoms. The molecule has 18 heavy (non-hydrogen) atoms. The maximum absolute atomic E-state index is 4.44. The molecule has 5 nitrogen and oxygen atoms in total. The van der Waals surface area contributed by atoms with Gasteiger partial charge in [-0.25, -0.2) is 9.97 Å². The summed E-state index contributed by atoms with van der Waals surface area (Å²) in [7, 11) is 0. The molecule has 0 amide bonds.